The van der Waals surface area contributed by atoms with Gasteiger partial charge in [-0.1, -0.05) is 0 Å². The molecule has 0 bridgehead atoms. The van der Waals surface area contributed by atoms with Crippen molar-refractivity contribution in [2.75, 3.05) is 11.9 Å². The number of aromatic nitrogens is 1. The molecule has 3 fully saturated rings. The van der Waals surface area contributed by atoms with Crippen molar-refractivity contribution in [2.24, 2.45) is 5.92 Å². The standard InChI is InChI=1S/C17H20F3N3O2/c1-15(2)16(7-11(16)8-25-15)23-14(24)22-13-6-10(17(18,19)20)5-12(21-13)9-3-4-9/h5-6,9,11H,3-4,7-8H2,1-2H3,(H2,21,22,23,24). The van der Waals surface area contributed by atoms with Crippen LogP contribution in [0.25, 0.3) is 0 Å². The molecule has 2 amide bonds. The summed E-state index contributed by atoms with van der Waals surface area (Å²) in [6, 6.07) is 1.41. The molecular weight excluding hydrogens is 335 g/mol. The third-order valence-corrected chi connectivity index (χ3v) is 5.57. The Kier molecular flexibility index (Phi) is 3.39. The summed E-state index contributed by atoms with van der Waals surface area (Å²) < 4.78 is 45.0. The predicted molar refractivity (Wildman–Crippen MR) is 84.2 cm³/mol. The Hall–Kier alpha value is -1.83. The zero-order valence-corrected chi connectivity index (χ0v) is 14.0. The number of anilines is 1. The first-order chi connectivity index (χ1) is 11.6. The molecule has 1 aromatic heterocycles. The zero-order chi connectivity index (χ0) is 18.0. The number of carbonyl (C=O) groups is 1. The SMILES string of the molecule is CC1(C)OCC2CC21NC(=O)Nc1cc(C(F)(F)F)cc(C2CC2)n1. The van der Waals surface area contributed by atoms with E-state index in [0.29, 0.717) is 12.3 Å². The number of urea groups is 1. The summed E-state index contributed by atoms with van der Waals surface area (Å²) in [5.74, 6) is 0.240. The van der Waals surface area contributed by atoms with Gasteiger partial charge in [0.2, 0.25) is 0 Å². The van der Waals surface area contributed by atoms with Crippen LogP contribution in [0.15, 0.2) is 12.1 Å². The molecule has 136 valence electrons. The Bertz CT molecular complexity index is 730. The number of hydrogen-bond donors (Lipinski definition) is 2. The van der Waals surface area contributed by atoms with Crippen LogP contribution in [0, 0.1) is 5.92 Å². The van der Waals surface area contributed by atoms with Gasteiger partial charge in [0.15, 0.2) is 0 Å². The summed E-state index contributed by atoms with van der Waals surface area (Å²) in [6.45, 7) is 4.41. The molecule has 5 nitrogen and oxygen atoms in total. The molecular formula is C17H20F3N3O2. The molecule has 2 N–H and O–H groups in total. The number of halogens is 3. The van der Waals surface area contributed by atoms with Gasteiger partial charge >= 0.3 is 12.2 Å². The van der Waals surface area contributed by atoms with Gasteiger partial charge in [-0.25, -0.2) is 9.78 Å². The minimum atomic E-state index is -4.47. The van der Waals surface area contributed by atoms with Gasteiger partial charge in [0, 0.05) is 17.5 Å². The Balaban J connectivity index is 1.52. The van der Waals surface area contributed by atoms with Crippen LogP contribution in [0.2, 0.25) is 0 Å². The molecule has 2 aliphatic carbocycles. The number of amides is 2. The average molecular weight is 355 g/mol. The highest BCUT2D eigenvalue weighted by Gasteiger charge is 2.69. The number of alkyl halides is 3. The highest BCUT2D eigenvalue weighted by molar-refractivity contribution is 5.89. The molecule has 2 heterocycles. The zero-order valence-electron chi connectivity index (χ0n) is 14.0. The lowest BCUT2D eigenvalue weighted by atomic mass is 9.96. The van der Waals surface area contributed by atoms with E-state index in [2.05, 4.69) is 15.6 Å². The topological polar surface area (TPSA) is 63.2 Å². The Morgan fingerprint density at radius 2 is 2.04 bits per heavy atom. The van der Waals surface area contributed by atoms with E-state index >= 15 is 0 Å². The van der Waals surface area contributed by atoms with Crippen molar-refractivity contribution in [1.82, 2.24) is 10.3 Å². The quantitative estimate of drug-likeness (QED) is 0.870. The van der Waals surface area contributed by atoms with Gasteiger partial charge in [0.25, 0.3) is 0 Å². The highest BCUT2D eigenvalue weighted by atomic mass is 19.4. The number of nitrogens with one attached hydrogen (secondary N) is 2. The van der Waals surface area contributed by atoms with Crippen LogP contribution in [0.1, 0.15) is 50.3 Å². The van der Waals surface area contributed by atoms with Crippen molar-refractivity contribution < 1.29 is 22.7 Å². The van der Waals surface area contributed by atoms with Crippen molar-refractivity contribution in [2.45, 2.75) is 56.3 Å². The summed E-state index contributed by atoms with van der Waals surface area (Å²) in [4.78, 5) is 16.5. The van der Waals surface area contributed by atoms with Gasteiger partial charge in [0.1, 0.15) is 5.82 Å². The fourth-order valence-corrected chi connectivity index (χ4v) is 3.73. The molecule has 8 heteroatoms. The molecule has 2 saturated carbocycles. The van der Waals surface area contributed by atoms with E-state index in [-0.39, 0.29) is 17.7 Å². The summed E-state index contributed by atoms with van der Waals surface area (Å²) in [5.41, 5.74) is -1.34. The molecule has 1 aliphatic heterocycles. The number of fused-ring (bicyclic) bond motifs is 1. The molecule has 2 atom stereocenters. The number of hydrogen-bond acceptors (Lipinski definition) is 3. The normalized spacial score (nSPS) is 29.9. The molecule has 3 aliphatic rings. The number of carbonyl (C=O) groups excluding carboxylic acids is 1. The Labute approximate surface area is 143 Å². The van der Waals surface area contributed by atoms with E-state index in [1.165, 1.54) is 0 Å². The van der Waals surface area contributed by atoms with Gasteiger partial charge < -0.3 is 10.1 Å². The van der Waals surface area contributed by atoms with E-state index in [0.717, 1.165) is 31.4 Å². The van der Waals surface area contributed by atoms with Crippen molar-refractivity contribution in [1.29, 1.82) is 0 Å². The van der Waals surface area contributed by atoms with Gasteiger partial charge in [-0.05, 0) is 45.2 Å². The van der Waals surface area contributed by atoms with Crippen LogP contribution in [0.4, 0.5) is 23.8 Å². The van der Waals surface area contributed by atoms with Crippen LogP contribution >= 0.6 is 0 Å². The van der Waals surface area contributed by atoms with Crippen LogP contribution in [0.5, 0.6) is 0 Å². The first-order valence-corrected chi connectivity index (χ1v) is 8.43. The molecule has 1 aromatic rings. The largest absolute Gasteiger partial charge is 0.416 e. The summed E-state index contributed by atoms with van der Waals surface area (Å²) in [7, 11) is 0. The maximum Gasteiger partial charge on any atom is 0.416 e. The third kappa shape index (κ3) is 2.86. The smallest absolute Gasteiger partial charge is 0.373 e. The molecule has 0 spiro atoms. The van der Waals surface area contributed by atoms with Crippen LogP contribution in [-0.4, -0.2) is 28.8 Å². The average Bonchev–Trinajstić information content (AvgIpc) is 3.39. The highest BCUT2D eigenvalue weighted by Crippen LogP contribution is 2.57. The number of ether oxygens (including phenoxy) is 1. The second-order valence-electron chi connectivity index (χ2n) is 7.71. The Morgan fingerprint density at radius 1 is 1.32 bits per heavy atom. The number of nitrogens with zero attached hydrogens (tertiary/aromatic N) is 1. The summed E-state index contributed by atoms with van der Waals surface area (Å²) >= 11 is 0. The minimum absolute atomic E-state index is 0.0551. The van der Waals surface area contributed by atoms with E-state index in [9.17, 15) is 18.0 Å². The molecule has 2 unspecified atom stereocenters. The van der Waals surface area contributed by atoms with Gasteiger partial charge in [-0.3, -0.25) is 5.32 Å². The van der Waals surface area contributed by atoms with Gasteiger partial charge in [-0.2, -0.15) is 13.2 Å². The van der Waals surface area contributed by atoms with Crippen LogP contribution < -0.4 is 10.6 Å². The van der Waals surface area contributed by atoms with E-state index in [1.807, 2.05) is 13.8 Å². The summed E-state index contributed by atoms with van der Waals surface area (Å²) in [5, 5.41) is 5.37. The van der Waals surface area contributed by atoms with E-state index < -0.39 is 28.9 Å². The lowest BCUT2D eigenvalue weighted by Crippen LogP contribution is -2.52. The maximum absolute atomic E-state index is 13.1. The third-order valence-electron chi connectivity index (χ3n) is 5.57. The summed E-state index contributed by atoms with van der Waals surface area (Å²) in [6.07, 6.45) is -2.00. The maximum atomic E-state index is 13.1. The predicted octanol–water partition coefficient (Wildman–Crippen LogP) is 3.67. The van der Waals surface area contributed by atoms with Crippen LogP contribution in [0.3, 0.4) is 0 Å². The van der Waals surface area contributed by atoms with Crippen LogP contribution in [-0.2, 0) is 10.9 Å². The Morgan fingerprint density at radius 3 is 2.56 bits per heavy atom. The lowest BCUT2D eigenvalue weighted by Gasteiger charge is -2.31. The monoisotopic (exact) mass is 355 g/mol. The van der Waals surface area contributed by atoms with Gasteiger partial charge in [-0.15, -0.1) is 0 Å². The second-order valence-corrected chi connectivity index (χ2v) is 7.71. The molecule has 4 rings (SSSR count). The van der Waals surface area contributed by atoms with Crippen molar-refractivity contribution in [3.63, 3.8) is 0 Å². The molecule has 0 aromatic carbocycles. The van der Waals surface area contributed by atoms with Crippen molar-refractivity contribution in [3.05, 3.63) is 23.4 Å². The lowest BCUT2D eigenvalue weighted by molar-refractivity contribution is -0.137. The molecule has 25 heavy (non-hydrogen) atoms. The number of pyridine rings is 1. The van der Waals surface area contributed by atoms with E-state index in [4.69, 9.17) is 4.74 Å². The molecule has 0 radical (unpaired) electrons. The van der Waals surface area contributed by atoms with Gasteiger partial charge in [0.05, 0.1) is 23.3 Å². The molecule has 1 saturated heterocycles. The second kappa shape index (κ2) is 5.09. The fraction of sp³-hybridized carbons (Fsp3) is 0.647. The fourth-order valence-electron chi connectivity index (χ4n) is 3.73. The number of rotatable bonds is 3. The van der Waals surface area contributed by atoms with Crippen molar-refractivity contribution in [3.8, 4) is 0 Å². The van der Waals surface area contributed by atoms with Crippen molar-refractivity contribution >= 4 is 11.8 Å². The van der Waals surface area contributed by atoms with E-state index in [1.54, 1.807) is 0 Å². The first kappa shape index (κ1) is 16.6. The first-order valence-electron chi connectivity index (χ1n) is 8.43. The minimum Gasteiger partial charge on any atom is -0.373 e.